The van der Waals surface area contributed by atoms with Gasteiger partial charge in [-0.15, -0.1) is 10.2 Å². The van der Waals surface area contributed by atoms with E-state index in [4.69, 9.17) is 0 Å². The molecule has 0 bridgehead atoms. The number of aliphatic hydroxyl groups excluding tert-OH is 1. The maximum atomic E-state index is 14.6. The van der Waals surface area contributed by atoms with Crippen LogP contribution in [0.2, 0.25) is 0 Å². The lowest BCUT2D eigenvalue weighted by atomic mass is 9.93. The number of nitrogens with one attached hydrogen (secondary N) is 1. The third-order valence-electron chi connectivity index (χ3n) is 5.20. The molecule has 0 amide bonds. The fourth-order valence-electron chi connectivity index (χ4n) is 3.77. The van der Waals surface area contributed by atoms with E-state index in [0.29, 0.717) is 35.1 Å². The van der Waals surface area contributed by atoms with Gasteiger partial charge in [0, 0.05) is 29.2 Å². The second kappa shape index (κ2) is 7.67. The quantitative estimate of drug-likeness (QED) is 0.546. The van der Waals surface area contributed by atoms with E-state index in [9.17, 15) is 27.8 Å². The van der Waals surface area contributed by atoms with Crippen LogP contribution in [0, 0.1) is 5.82 Å². The third kappa shape index (κ3) is 3.87. The molecular formula is C20H18F4N4O2. The number of anilines is 1. The molecule has 158 valence electrons. The summed E-state index contributed by atoms with van der Waals surface area (Å²) in [5, 5.41) is 32.1. The molecule has 0 aliphatic heterocycles. The Balaban J connectivity index is 1.79. The number of phenolic OH excluding ortho intramolecular Hbond substituents is 1. The van der Waals surface area contributed by atoms with Crippen molar-refractivity contribution in [3.8, 4) is 17.0 Å². The lowest BCUT2D eigenvalue weighted by molar-refractivity contribution is -0.137. The van der Waals surface area contributed by atoms with Crippen LogP contribution in [-0.4, -0.2) is 37.5 Å². The van der Waals surface area contributed by atoms with Crippen molar-refractivity contribution in [2.24, 2.45) is 0 Å². The number of nitrogens with zero attached hydrogens (tertiary/aromatic N) is 3. The highest BCUT2D eigenvalue weighted by Gasteiger charge is 2.33. The number of fused-ring (bicyclic) bond motifs is 1. The monoisotopic (exact) mass is 422 g/mol. The maximum Gasteiger partial charge on any atom is 0.416 e. The van der Waals surface area contributed by atoms with Crippen LogP contribution in [0.1, 0.15) is 31.2 Å². The van der Waals surface area contributed by atoms with Crippen molar-refractivity contribution in [2.75, 3.05) is 5.32 Å². The summed E-state index contributed by atoms with van der Waals surface area (Å²) in [7, 11) is 0. The molecule has 1 aliphatic rings. The number of aromatic hydroxyl groups is 1. The number of aliphatic hydroxyl groups is 1. The van der Waals surface area contributed by atoms with Crippen LogP contribution in [0.3, 0.4) is 0 Å². The molecule has 3 aromatic rings. The van der Waals surface area contributed by atoms with Crippen molar-refractivity contribution in [1.82, 2.24) is 15.2 Å². The van der Waals surface area contributed by atoms with E-state index < -0.39 is 35.0 Å². The molecule has 30 heavy (non-hydrogen) atoms. The molecule has 3 N–H and O–H groups in total. The van der Waals surface area contributed by atoms with Crippen molar-refractivity contribution in [3.05, 3.63) is 42.0 Å². The molecule has 0 unspecified atom stereocenters. The van der Waals surface area contributed by atoms with Gasteiger partial charge in [0.15, 0.2) is 5.82 Å². The fourth-order valence-corrected chi connectivity index (χ4v) is 3.77. The molecule has 1 saturated carbocycles. The summed E-state index contributed by atoms with van der Waals surface area (Å²) >= 11 is 0. The number of pyridine rings is 1. The fraction of sp³-hybridized carbons (Fsp3) is 0.350. The molecule has 6 nitrogen and oxygen atoms in total. The Morgan fingerprint density at radius 3 is 2.60 bits per heavy atom. The Bertz CT molecular complexity index is 1070. The molecule has 0 saturated heterocycles. The number of aromatic nitrogens is 3. The number of phenols is 1. The minimum atomic E-state index is -4.80. The summed E-state index contributed by atoms with van der Waals surface area (Å²) in [6.45, 7) is 0. The molecular weight excluding hydrogens is 404 g/mol. The van der Waals surface area contributed by atoms with Gasteiger partial charge in [-0.3, -0.25) is 4.98 Å². The Morgan fingerprint density at radius 2 is 1.90 bits per heavy atom. The average Bonchev–Trinajstić information content (AvgIpc) is 2.68. The first kappa shape index (κ1) is 20.3. The molecule has 0 radical (unpaired) electrons. The highest BCUT2D eigenvalue weighted by atomic mass is 19.4. The molecule has 0 spiro atoms. The van der Waals surface area contributed by atoms with Crippen LogP contribution in [0.25, 0.3) is 22.0 Å². The molecule has 2 atom stereocenters. The zero-order valence-electron chi connectivity index (χ0n) is 15.6. The smallest absolute Gasteiger partial charge is 0.416 e. The minimum Gasteiger partial charge on any atom is -0.507 e. The summed E-state index contributed by atoms with van der Waals surface area (Å²) in [5.41, 5.74) is -1.86. The largest absolute Gasteiger partial charge is 0.507 e. The highest BCUT2D eigenvalue weighted by molar-refractivity contribution is 6.00. The Morgan fingerprint density at radius 1 is 1.10 bits per heavy atom. The van der Waals surface area contributed by atoms with Crippen molar-refractivity contribution in [3.63, 3.8) is 0 Å². The summed E-state index contributed by atoms with van der Waals surface area (Å²) in [6.07, 6.45) is 0.659. The lowest BCUT2D eigenvalue weighted by Gasteiger charge is -2.27. The number of alkyl halides is 3. The average molecular weight is 422 g/mol. The Kier molecular flexibility index (Phi) is 5.19. The van der Waals surface area contributed by atoms with E-state index in [1.165, 1.54) is 18.5 Å². The molecule has 10 heteroatoms. The van der Waals surface area contributed by atoms with Crippen molar-refractivity contribution in [1.29, 1.82) is 0 Å². The van der Waals surface area contributed by atoms with Gasteiger partial charge in [-0.1, -0.05) is 0 Å². The second-order valence-corrected chi connectivity index (χ2v) is 7.33. The Labute approximate surface area is 168 Å². The summed E-state index contributed by atoms with van der Waals surface area (Å²) in [5.74, 6) is -1.77. The molecule has 2 heterocycles. The summed E-state index contributed by atoms with van der Waals surface area (Å²) in [4.78, 5) is 4.05. The maximum absolute atomic E-state index is 14.6. The second-order valence-electron chi connectivity index (χ2n) is 7.33. The molecule has 1 aromatic carbocycles. The van der Waals surface area contributed by atoms with E-state index in [2.05, 4.69) is 20.5 Å². The van der Waals surface area contributed by atoms with Gasteiger partial charge in [-0.25, -0.2) is 4.39 Å². The van der Waals surface area contributed by atoms with E-state index in [1.807, 2.05) is 0 Å². The summed E-state index contributed by atoms with van der Waals surface area (Å²) < 4.78 is 53.3. The summed E-state index contributed by atoms with van der Waals surface area (Å²) in [6, 6.07) is 2.27. The standard InChI is InChI=1S/C20H18F4N4O2/c21-15-6-10(20(22,23)24)7-16(30)17(15)18-13-4-5-25-9-14(13)19(28-27-18)26-11-2-1-3-12(29)8-11/h4-7,9,11-12,29-30H,1-3,8H2,(H,26,28)/t11-,12+/m0/s1. The normalized spacial score (nSPS) is 19.8. The van der Waals surface area contributed by atoms with Gasteiger partial charge in [0.25, 0.3) is 0 Å². The lowest BCUT2D eigenvalue weighted by Crippen LogP contribution is -2.30. The predicted octanol–water partition coefficient (Wildman–Crippen LogP) is 4.27. The molecule has 1 fully saturated rings. The van der Waals surface area contributed by atoms with E-state index in [-0.39, 0.29) is 11.7 Å². The third-order valence-corrected chi connectivity index (χ3v) is 5.20. The van der Waals surface area contributed by atoms with Gasteiger partial charge < -0.3 is 15.5 Å². The van der Waals surface area contributed by atoms with E-state index in [1.54, 1.807) is 0 Å². The van der Waals surface area contributed by atoms with Gasteiger partial charge in [0.2, 0.25) is 0 Å². The van der Waals surface area contributed by atoms with Crippen molar-refractivity contribution in [2.45, 2.75) is 44.0 Å². The zero-order valence-corrected chi connectivity index (χ0v) is 15.6. The number of hydrogen-bond donors (Lipinski definition) is 3. The van der Waals surface area contributed by atoms with Gasteiger partial charge in [-0.05, 0) is 43.9 Å². The molecule has 2 aromatic heterocycles. The van der Waals surface area contributed by atoms with Gasteiger partial charge in [0.1, 0.15) is 17.3 Å². The van der Waals surface area contributed by atoms with Crippen LogP contribution in [0.4, 0.5) is 23.4 Å². The van der Waals surface area contributed by atoms with E-state index in [0.717, 1.165) is 19.3 Å². The molecule has 4 rings (SSSR count). The minimum absolute atomic E-state index is 0.0338. The van der Waals surface area contributed by atoms with Gasteiger partial charge in [-0.2, -0.15) is 13.2 Å². The number of halogens is 4. The first-order valence-electron chi connectivity index (χ1n) is 9.39. The highest BCUT2D eigenvalue weighted by Crippen LogP contribution is 2.40. The Hall–Kier alpha value is -3.01. The number of hydrogen-bond acceptors (Lipinski definition) is 6. The topological polar surface area (TPSA) is 91.2 Å². The van der Waals surface area contributed by atoms with Crippen LogP contribution >= 0.6 is 0 Å². The van der Waals surface area contributed by atoms with Crippen LogP contribution in [0.5, 0.6) is 5.75 Å². The zero-order chi connectivity index (χ0) is 21.5. The number of rotatable bonds is 3. The van der Waals surface area contributed by atoms with E-state index >= 15 is 0 Å². The first-order valence-corrected chi connectivity index (χ1v) is 9.39. The SMILES string of the molecule is Oc1cc(C(F)(F)F)cc(F)c1-c1nnc(N[C@H]2CCC[C@@H](O)C2)c2cnccc12. The van der Waals surface area contributed by atoms with Crippen molar-refractivity contribution >= 4 is 16.6 Å². The van der Waals surface area contributed by atoms with Gasteiger partial charge in [0.05, 0.1) is 17.2 Å². The first-order chi connectivity index (χ1) is 14.2. The van der Waals surface area contributed by atoms with Crippen LogP contribution in [-0.2, 0) is 6.18 Å². The van der Waals surface area contributed by atoms with Crippen LogP contribution < -0.4 is 5.32 Å². The van der Waals surface area contributed by atoms with Crippen LogP contribution in [0.15, 0.2) is 30.6 Å². The number of benzene rings is 1. The molecule has 1 aliphatic carbocycles. The predicted molar refractivity (Wildman–Crippen MR) is 101 cm³/mol. The van der Waals surface area contributed by atoms with Crippen molar-refractivity contribution < 1.29 is 27.8 Å². The van der Waals surface area contributed by atoms with Gasteiger partial charge >= 0.3 is 6.18 Å².